The van der Waals surface area contributed by atoms with E-state index in [1.807, 2.05) is 10.8 Å². The minimum Gasteiger partial charge on any atom is -0.488 e. The molecular formula is C9H12O2S. The van der Waals surface area contributed by atoms with Crippen molar-refractivity contribution in [1.29, 1.82) is 0 Å². The van der Waals surface area contributed by atoms with Gasteiger partial charge in [0.05, 0.1) is 6.61 Å². The first-order valence-electron chi connectivity index (χ1n) is 4.13. The van der Waals surface area contributed by atoms with E-state index in [0.29, 0.717) is 5.92 Å². The number of fused-ring (bicyclic) bond motifs is 1. The van der Waals surface area contributed by atoms with Gasteiger partial charge >= 0.3 is 0 Å². The molecule has 0 saturated carbocycles. The summed E-state index contributed by atoms with van der Waals surface area (Å²) in [6, 6.07) is 0. The van der Waals surface area contributed by atoms with Crippen LogP contribution in [0.5, 0.6) is 11.5 Å². The molecule has 0 amide bonds. The van der Waals surface area contributed by atoms with Crippen molar-refractivity contribution in [2.75, 3.05) is 6.61 Å². The predicted octanol–water partition coefficient (Wildman–Crippen LogP) is 2.54. The maximum atomic E-state index is 5.69. The lowest BCUT2D eigenvalue weighted by Crippen LogP contribution is -2.23. The highest BCUT2D eigenvalue weighted by atomic mass is 32.1. The van der Waals surface area contributed by atoms with E-state index in [1.54, 1.807) is 11.3 Å². The Morgan fingerprint density at radius 2 is 2.08 bits per heavy atom. The van der Waals surface area contributed by atoms with E-state index in [4.69, 9.17) is 9.47 Å². The van der Waals surface area contributed by atoms with Gasteiger partial charge in [0.2, 0.25) is 0 Å². The second-order valence-corrected chi connectivity index (χ2v) is 3.96. The van der Waals surface area contributed by atoms with Crippen LogP contribution in [-0.4, -0.2) is 12.7 Å². The van der Waals surface area contributed by atoms with Gasteiger partial charge in [0.15, 0.2) is 11.5 Å². The third kappa shape index (κ3) is 1.29. The molecule has 1 aliphatic rings. The van der Waals surface area contributed by atoms with Gasteiger partial charge in [-0.15, -0.1) is 11.3 Å². The molecule has 0 radical (unpaired) electrons. The SMILES string of the molecule is CC1COc2cscc2OC1C. The molecule has 2 nitrogen and oxygen atoms in total. The molecule has 0 saturated heterocycles. The van der Waals surface area contributed by atoms with Gasteiger partial charge in [0.25, 0.3) is 0 Å². The smallest absolute Gasteiger partial charge is 0.172 e. The van der Waals surface area contributed by atoms with E-state index >= 15 is 0 Å². The summed E-state index contributed by atoms with van der Waals surface area (Å²) >= 11 is 1.62. The monoisotopic (exact) mass is 184 g/mol. The zero-order valence-corrected chi connectivity index (χ0v) is 8.06. The molecule has 2 atom stereocenters. The normalized spacial score (nSPS) is 28.2. The number of thiophene rings is 1. The van der Waals surface area contributed by atoms with Gasteiger partial charge < -0.3 is 9.47 Å². The molecule has 2 unspecified atom stereocenters. The summed E-state index contributed by atoms with van der Waals surface area (Å²) in [6.45, 7) is 4.98. The Labute approximate surface area is 76.1 Å². The highest BCUT2D eigenvalue weighted by Gasteiger charge is 2.21. The maximum Gasteiger partial charge on any atom is 0.172 e. The van der Waals surface area contributed by atoms with Gasteiger partial charge in [-0.1, -0.05) is 6.92 Å². The molecule has 2 rings (SSSR count). The molecule has 0 fully saturated rings. The zero-order valence-electron chi connectivity index (χ0n) is 7.24. The van der Waals surface area contributed by atoms with Crippen LogP contribution in [0.15, 0.2) is 10.8 Å². The summed E-state index contributed by atoms with van der Waals surface area (Å²) in [6.07, 6.45) is 0.251. The maximum absolute atomic E-state index is 5.69. The minimum atomic E-state index is 0.251. The summed E-state index contributed by atoms with van der Waals surface area (Å²) < 4.78 is 11.3. The first-order valence-corrected chi connectivity index (χ1v) is 5.07. The summed E-state index contributed by atoms with van der Waals surface area (Å²) in [5.41, 5.74) is 0. The molecule has 2 heterocycles. The third-order valence-electron chi connectivity index (χ3n) is 2.21. The van der Waals surface area contributed by atoms with Crippen LogP contribution in [0.4, 0.5) is 0 Å². The molecule has 1 aliphatic heterocycles. The van der Waals surface area contributed by atoms with Crippen molar-refractivity contribution in [3.63, 3.8) is 0 Å². The molecule has 0 aromatic carbocycles. The molecule has 3 heteroatoms. The number of rotatable bonds is 0. The lowest BCUT2D eigenvalue weighted by Gasteiger charge is -2.15. The van der Waals surface area contributed by atoms with E-state index in [-0.39, 0.29) is 6.10 Å². The quantitative estimate of drug-likeness (QED) is 0.617. The zero-order chi connectivity index (χ0) is 8.55. The molecule has 0 bridgehead atoms. The van der Waals surface area contributed by atoms with Gasteiger partial charge in [0, 0.05) is 16.7 Å². The van der Waals surface area contributed by atoms with Crippen molar-refractivity contribution in [2.24, 2.45) is 5.92 Å². The lowest BCUT2D eigenvalue weighted by atomic mass is 10.1. The summed E-state index contributed by atoms with van der Waals surface area (Å²) in [4.78, 5) is 0. The Balaban J connectivity index is 2.24. The van der Waals surface area contributed by atoms with Crippen molar-refractivity contribution in [2.45, 2.75) is 20.0 Å². The fourth-order valence-corrected chi connectivity index (χ4v) is 1.81. The topological polar surface area (TPSA) is 18.5 Å². The van der Waals surface area contributed by atoms with E-state index in [0.717, 1.165) is 18.1 Å². The molecular weight excluding hydrogens is 172 g/mol. The van der Waals surface area contributed by atoms with Crippen LogP contribution in [0.2, 0.25) is 0 Å². The van der Waals surface area contributed by atoms with E-state index < -0.39 is 0 Å². The standard InChI is InChI=1S/C9H12O2S/c1-6-3-10-8-4-12-5-9(8)11-7(6)2/h4-7H,3H2,1-2H3. The molecule has 0 aliphatic carbocycles. The van der Waals surface area contributed by atoms with Crippen molar-refractivity contribution in [3.05, 3.63) is 10.8 Å². The van der Waals surface area contributed by atoms with E-state index in [1.165, 1.54) is 0 Å². The first kappa shape index (κ1) is 7.92. The van der Waals surface area contributed by atoms with Crippen molar-refractivity contribution < 1.29 is 9.47 Å². The molecule has 12 heavy (non-hydrogen) atoms. The van der Waals surface area contributed by atoms with Crippen molar-refractivity contribution >= 4 is 11.3 Å². The Kier molecular flexibility index (Phi) is 1.97. The van der Waals surface area contributed by atoms with Gasteiger partial charge in [-0.2, -0.15) is 0 Å². The molecule has 0 spiro atoms. The molecule has 0 N–H and O–H groups in total. The Morgan fingerprint density at radius 3 is 2.92 bits per heavy atom. The Hall–Kier alpha value is -0.700. The van der Waals surface area contributed by atoms with E-state index in [2.05, 4.69) is 13.8 Å². The fourth-order valence-electron chi connectivity index (χ4n) is 1.14. The summed E-state index contributed by atoms with van der Waals surface area (Å²) in [5.74, 6) is 2.26. The van der Waals surface area contributed by atoms with Gasteiger partial charge in [-0.3, -0.25) is 0 Å². The summed E-state index contributed by atoms with van der Waals surface area (Å²) in [7, 11) is 0. The van der Waals surface area contributed by atoms with Crippen LogP contribution in [0.1, 0.15) is 13.8 Å². The average Bonchev–Trinajstić information content (AvgIpc) is 2.43. The fraction of sp³-hybridized carbons (Fsp3) is 0.556. The predicted molar refractivity (Wildman–Crippen MR) is 49.1 cm³/mol. The first-order chi connectivity index (χ1) is 5.77. The van der Waals surface area contributed by atoms with Crippen LogP contribution in [0.3, 0.4) is 0 Å². The highest BCUT2D eigenvalue weighted by Crippen LogP contribution is 2.35. The average molecular weight is 184 g/mol. The van der Waals surface area contributed by atoms with Crippen LogP contribution >= 0.6 is 11.3 Å². The van der Waals surface area contributed by atoms with Crippen LogP contribution < -0.4 is 9.47 Å². The minimum absolute atomic E-state index is 0.251. The second-order valence-electron chi connectivity index (χ2n) is 3.21. The Bertz CT molecular complexity index is 269. The van der Waals surface area contributed by atoms with Crippen molar-refractivity contribution in [3.8, 4) is 11.5 Å². The highest BCUT2D eigenvalue weighted by molar-refractivity contribution is 7.08. The second kappa shape index (κ2) is 2.98. The van der Waals surface area contributed by atoms with Crippen LogP contribution in [-0.2, 0) is 0 Å². The Morgan fingerprint density at radius 1 is 1.33 bits per heavy atom. The third-order valence-corrected chi connectivity index (χ3v) is 2.91. The molecule has 1 aromatic rings. The van der Waals surface area contributed by atoms with Crippen LogP contribution in [0.25, 0.3) is 0 Å². The van der Waals surface area contributed by atoms with Crippen LogP contribution in [0, 0.1) is 5.92 Å². The lowest BCUT2D eigenvalue weighted by molar-refractivity contribution is 0.149. The largest absolute Gasteiger partial charge is 0.488 e. The summed E-state index contributed by atoms with van der Waals surface area (Å²) in [5, 5.41) is 3.98. The number of hydrogen-bond acceptors (Lipinski definition) is 3. The van der Waals surface area contributed by atoms with Gasteiger partial charge in [-0.05, 0) is 6.92 Å². The van der Waals surface area contributed by atoms with E-state index in [9.17, 15) is 0 Å². The van der Waals surface area contributed by atoms with Crippen molar-refractivity contribution in [1.82, 2.24) is 0 Å². The van der Waals surface area contributed by atoms with Gasteiger partial charge in [0.1, 0.15) is 6.10 Å². The number of hydrogen-bond donors (Lipinski definition) is 0. The van der Waals surface area contributed by atoms with Gasteiger partial charge in [-0.25, -0.2) is 0 Å². The molecule has 66 valence electrons. The number of ether oxygens (including phenoxy) is 2. The molecule has 1 aromatic heterocycles.